The summed E-state index contributed by atoms with van der Waals surface area (Å²) in [4.78, 5) is 14.1. The van der Waals surface area contributed by atoms with Gasteiger partial charge in [-0.05, 0) is 83.1 Å². The van der Waals surface area contributed by atoms with Crippen LogP contribution >= 0.6 is 0 Å². The summed E-state index contributed by atoms with van der Waals surface area (Å²) in [6, 6.07) is 35.1. The van der Waals surface area contributed by atoms with Gasteiger partial charge in [0.2, 0.25) is 13.4 Å². The number of hydrogen-bond donors (Lipinski definition) is 0. The van der Waals surface area contributed by atoms with Crippen LogP contribution in [0.15, 0.2) is 110 Å². The molecule has 0 radical (unpaired) electrons. The van der Waals surface area contributed by atoms with E-state index in [1.54, 1.807) is 0 Å². The third kappa shape index (κ3) is 8.02. The van der Waals surface area contributed by atoms with Crippen LogP contribution in [0.5, 0.6) is 0 Å². The fraction of sp³-hybridized carbons (Fsp3) is 0.235. The first kappa shape index (κ1) is 40.1. The van der Waals surface area contributed by atoms with E-state index in [2.05, 4.69) is 169 Å². The summed E-state index contributed by atoms with van der Waals surface area (Å²) in [6.07, 6.45) is 0. The molecule has 0 aliphatic carbocycles. The largest absolute Gasteiger partial charge is 0.289 e. The highest BCUT2D eigenvalue weighted by Gasteiger charge is 2.30. The fourth-order valence-corrected chi connectivity index (χ4v) is 9.36. The van der Waals surface area contributed by atoms with Crippen LogP contribution in [0.25, 0.3) is 0 Å². The minimum Gasteiger partial charge on any atom is -0.289 e. The summed E-state index contributed by atoms with van der Waals surface area (Å²) < 4.78 is 0. The van der Waals surface area contributed by atoms with Crippen LogP contribution in [-0.2, 0) is 0 Å². The van der Waals surface area contributed by atoms with E-state index >= 15 is 0 Å². The second-order valence-electron chi connectivity index (χ2n) is 15.7. The zero-order valence-corrected chi connectivity index (χ0v) is 34.7. The van der Waals surface area contributed by atoms with Crippen molar-refractivity contribution in [1.82, 2.24) is 0 Å². The van der Waals surface area contributed by atoms with Crippen LogP contribution in [0.2, 0.25) is 0 Å². The molecule has 6 aromatic carbocycles. The minimum atomic E-state index is 0.0435. The Hall–Kier alpha value is -5.14. The second-order valence-corrected chi connectivity index (χ2v) is 15.7. The number of hydrogen-bond acceptors (Lipinski definition) is 1. The predicted octanol–water partition coefficient (Wildman–Crippen LogP) is 8.45. The summed E-state index contributed by atoms with van der Waals surface area (Å²) in [7, 11) is 0. The molecule has 0 spiro atoms. The van der Waals surface area contributed by atoms with E-state index in [4.69, 9.17) is 0 Å². The van der Waals surface area contributed by atoms with Gasteiger partial charge in [-0.2, -0.15) is 0 Å². The molecule has 0 saturated heterocycles. The molecule has 0 saturated carbocycles. The second kappa shape index (κ2) is 16.5. The Kier molecular flexibility index (Phi) is 12.2. The molecule has 0 heterocycles. The first-order valence-electron chi connectivity index (χ1n) is 19.2. The van der Waals surface area contributed by atoms with Crippen molar-refractivity contribution in [3.8, 4) is 0 Å². The molecule has 1 nitrogen and oxygen atoms in total. The van der Waals surface area contributed by atoms with Gasteiger partial charge in [-0.25, -0.2) is 0 Å². The maximum atomic E-state index is 14.1. The molecule has 3 heteroatoms. The topological polar surface area (TPSA) is 17.1 Å². The maximum Gasteiger partial charge on any atom is 0.242 e. The predicted molar refractivity (Wildman–Crippen MR) is 239 cm³/mol. The van der Waals surface area contributed by atoms with Crippen molar-refractivity contribution in [2.24, 2.45) is 0 Å². The smallest absolute Gasteiger partial charge is 0.242 e. The molecule has 272 valence electrons. The van der Waals surface area contributed by atoms with Crippen LogP contribution in [0.1, 0.15) is 82.7 Å². The van der Waals surface area contributed by atoms with Crippen molar-refractivity contribution >= 4 is 52.0 Å². The molecule has 0 aliphatic heterocycles. The van der Waals surface area contributed by atoms with Crippen molar-refractivity contribution in [2.45, 2.75) is 83.1 Å². The zero-order chi connectivity index (χ0) is 39.6. The molecule has 0 amide bonds. The molecule has 0 unspecified atom stereocenters. The Labute approximate surface area is 326 Å². The quantitative estimate of drug-likeness (QED) is 0.0883. The molecule has 0 atom stereocenters. The van der Waals surface area contributed by atoms with Gasteiger partial charge >= 0.3 is 0 Å². The molecule has 0 bridgehead atoms. The van der Waals surface area contributed by atoms with E-state index in [0.29, 0.717) is 11.1 Å². The average Bonchev–Trinajstić information content (AvgIpc) is 3.09. The lowest BCUT2D eigenvalue weighted by molar-refractivity contribution is 0.103. The highest BCUT2D eigenvalue weighted by atomic mass is 16.1. The number of ketones is 1. The van der Waals surface area contributed by atoms with Gasteiger partial charge in [0, 0.05) is 11.1 Å². The Morgan fingerprint density at radius 1 is 0.352 bits per heavy atom. The summed E-state index contributed by atoms with van der Waals surface area (Å²) in [5.41, 5.74) is 24.7. The average molecular weight is 707 g/mol. The van der Waals surface area contributed by atoms with E-state index in [0.717, 1.165) is 0 Å². The molecular weight excluding hydrogens is 650 g/mol. The van der Waals surface area contributed by atoms with Gasteiger partial charge in [-0.1, -0.05) is 197 Å². The fourth-order valence-electron chi connectivity index (χ4n) is 9.36. The first-order chi connectivity index (χ1) is 25.6. The highest BCUT2D eigenvalue weighted by molar-refractivity contribution is 6.97. The molecule has 54 heavy (non-hydrogen) atoms. The number of benzene rings is 6. The Balaban J connectivity index is 0.00000276. The Bertz CT molecular complexity index is 1970. The van der Waals surface area contributed by atoms with E-state index in [1.807, 2.05) is 24.3 Å². The number of rotatable bonds is 8. The first-order valence-corrected chi connectivity index (χ1v) is 19.2. The Morgan fingerprint density at radius 2 is 0.537 bits per heavy atom. The van der Waals surface area contributed by atoms with E-state index in [9.17, 15) is 4.79 Å². The van der Waals surface area contributed by atoms with Gasteiger partial charge in [-0.15, -0.1) is 13.2 Å². The van der Waals surface area contributed by atoms with Crippen molar-refractivity contribution in [1.29, 1.82) is 0 Å². The van der Waals surface area contributed by atoms with Crippen LogP contribution < -0.4 is 32.8 Å². The molecule has 0 fully saturated rings. The van der Waals surface area contributed by atoms with Gasteiger partial charge < -0.3 is 0 Å². The lowest BCUT2D eigenvalue weighted by Crippen LogP contribution is -2.55. The number of carbonyl (C=O) groups is 1. The molecule has 6 aromatic rings. The molecule has 0 N–H and O–H groups in total. The summed E-state index contributed by atoms with van der Waals surface area (Å²) >= 11 is 0. The standard InChI is InChI=1S/C49H52B2O.C2H4/c1-29-21-33(5)45(34(6)22-29)50(46-35(7)23-30(2)24-36(46)8)43-17-13-41(14-18-43)49(52)42-15-19-44(20-16-42)51(47-37(9)25-31(3)26-38(47)10)48-39(11)27-32(4)28-40(48)12;1-2/h13-28H,1-12H3;1-2H2. The molecule has 0 aromatic heterocycles. The van der Waals surface area contributed by atoms with Crippen LogP contribution in [0, 0.1) is 83.1 Å². The summed E-state index contributed by atoms with van der Waals surface area (Å²) in [5.74, 6) is 0.0435. The van der Waals surface area contributed by atoms with Crippen molar-refractivity contribution in [2.75, 3.05) is 0 Å². The van der Waals surface area contributed by atoms with Crippen LogP contribution in [-0.4, -0.2) is 19.2 Å². The van der Waals surface area contributed by atoms with E-state index in [1.165, 1.54) is 99.5 Å². The van der Waals surface area contributed by atoms with Gasteiger partial charge in [0.25, 0.3) is 0 Å². The number of carbonyl (C=O) groups excluding carboxylic acids is 1. The van der Waals surface area contributed by atoms with E-state index < -0.39 is 0 Å². The van der Waals surface area contributed by atoms with Gasteiger partial charge in [0.05, 0.1) is 0 Å². The maximum absolute atomic E-state index is 14.1. The monoisotopic (exact) mass is 706 g/mol. The summed E-state index contributed by atoms with van der Waals surface area (Å²) in [6.45, 7) is 32.7. The zero-order valence-electron chi connectivity index (χ0n) is 34.7. The lowest BCUT2D eigenvalue weighted by atomic mass is 9.34. The third-order valence-corrected chi connectivity index (χ3v) is 11.1. The van der Waals surface area contributed by atoms with Gasteiger partial charge in [0.15, 0.2) is 5.78 Å². The summed E-state index contributed by atoms with van der Waals surface area (Å²) in [5, 5.41) is 0. The molecule has 0 aliphatic rings. The van der Waals surface area contributed by atoms with Crippen molar-refractivity contribution in [3.05, 3.63) is 188 Å². The lowest BCUT2D eigenvalue weighted by Gasteiger charge is -2.25. The van der Waals surface area contributed by atoms with Crippen molar-refractivity contribution in [3.63, 3.8) is 0 Å². The van der Waals surface area contributed by atoms with Crippen LogP contribution in [0.4, 0.5) is 0 Å². The van der Waals surface area contributed by atoms with Gasteiger partial charge in [0.1, 0.15) is 0 Å². The molecule has 6 rings (SSSR count). The van der Waals surface area contributed by atoms with Gasteiger partial charge in [-0.3, -0.25) is 4.79 Å². The minimum absolute atomic E-state index is 0.0435. The third-order valence-electron chi connectivity index (χ3n) is 11.1. The highest BCUT2D eigenvalue weighted by Crippen LogP contribution is 2.17. The normalized spacial score (nSPS) is 10.8. The van der Waals surface area contributed by atoms with Crippen molar-refractivity contribution < 1.29 is 4.79 Å². The molecular formula is C51H56B2O. The van der Waals surface area contributed by atoms with Crippen LogP contribution in [0.3, 0.4) is 0 Å². The number of aryl methyl sites for hydroxylation is 12. The SMILES string of the molecule is C=C.Cc1cc(C)c(B(c2ccc(C(=O)c3ccc(B(c4c(C)cc(C)cc4C)c4c(C)cc(C)cc4C)cc3)cc2)c2c(C)cc(C)cc2C)c(C)c1. The Morgan fingerprint density at radius 3 is 0.722 bits per heavy atom. The van der Waals surface area contributed by atoms with E-state index in [-0.39, 0.29) is 19.2 Å².